The fraction of sp³-hybridized carbons (Fsp3) is 0.250. The minimum absolute atomic E-state index is 0.215. The van der Waals surface area contributed by atoms with E-state index in [-0.39, 0.29) is 5.97 Å². The summed E-state index contributed by atoms with van der Waals surface area (Å²) in [6.07, 6.45) is 0.326. The van der Waals surface area contributed by atoms with Crippen molar-refractivity contribution >= 4 is 11.5 Å². The molecule has 2 heteroatoms. The van der Waals surface area contributed by atoms with E-state index in [9.17, 15) is 4.79 Å². The number of hydrogen-bond acceptors (Lipinski definition) is 2. The van der Waals surface area contributed by atoms with Gasteiger partial charge in [-0.05, 0) is 18.1 Å². The minimum Gasteiger partial charge on any atom is -0.469 e. The van der Waals surface area contributed by atoms with Crippen LogP contribution < -0.4 is 0 Å². The molecule has 0 unspecified atom stereocenters. The predicted molar refractivity (Wildman–Crippen MR) is 56.9 cm³/mol. The van der Waals surface area contributed by atoms with Gasteiger partial charge in [-0.25, -0.2) is 0 Å². The Labute approximate surface area is 84.2 Å². The SMILES string of the molecule is C=C(C)c1ccc(CC(=O)OC)cc1. The molecule has 0 bridgehead atoms. The lowest BCUT2D eigenvalue weighted by Crippen LogP contribution is -2.04. The van der Waals surface area contributed by atoms with Crippen molar-refractivity contribution in [3.8, 4) is 0 Å². The molecule has 0 amide bonds. The van der Waals surface area contributed by atoms with Crippen molar-refractivity contribution in [2.45, 2.75) is 13.3 Å². The van der Waals surface area contributed by atoms with Crippen molar-refractivity contribution in [2.24, 2.45) is 0 Å². The molecule has 0 saturated heterocycles. The van der Waals surface area contributed by atoms with Crippen molar-refractivity contribution in [2.75, 3.05) is 7.11 Å². The Balaban J connectivity index is 2.73. The first-order valence-corrected chi connectivity index (χ1v) is 4.45. The maximum atomic E-state index is 11.0. The molecule has 0 saturated carbocycles. The van der Waals surface area contributed by atoms with Crippen LogP contribution in [0.4, 0.5) is 0 Å². The average Bonchev–Trinajstić information content (AvgIpc) is 2.18. The van der Waals surface area contributed by atoms with Crippen LogP contribution in [0.25, 0.3) is 5.57 Å². The van der Waals surface area contributed by atoms with E-state index in [4.69, 9.17) is 0 Å². The molecule has 1 aromatic carbocycles. The summed E-state index contributed by atoms with van der Waals surface area (Å²) in [5, 5.41) is 0. The van der Waals surface area contributed by atoms with Crippen LogP contribution in [0.15, 0.2) is 30.8 Å². The van der Waals surface area contributed by atoms with E-state index in [2.05, 4.69) is 11.3 Å². The first-order chi connectivity index (χ1) is 6.63. The molecule has 2 nitrogen and oxygen atoms in total. The molecular formula is C12H14O2. The Morgan fingerprint density at radius 2 is 1.93 bits per heavy atom. The van der Waals surface area contributed by atoms with Gasteiger partial charge in [0.05, 0.1) is 13.5 Å². The van der Waals surface area contributed by atoms with Crippen molar-refractivity contribution in [1.29, 1.82) is 0 Å². The number of ether oxygens (including phenoxy) is 1. The van der Waals surface area contributed by atoms with Crippen LogP contribution in [0.5, 0.6) is 0 Å². The molecule has 0 aliphatic rings. The molecule has 0 N–H and O–H groups in total. The van der Waals surface area contributed by atoms with Crippen LogP contribution in [-0.4, -0.2) is 13.1 Å². The number of carbonyl (C=O) groups excluding carboxylic acids is 1. The second kappa shape index (κ2) is 4.61. The third-order valence-electron chi connectivity index (χ3n) is 2.02. The van der Waals surface area contributed by atoms with Crippen molar-refractivity contribution in [1.82, 2.24) is 0 Å². The van der Waals surface area contributed by atoms with Crippen molar-refractivity contribution in [3.05, 3.63) is 42.0 Å². The van der Waals surface area contributed by atoms with E-state index in [1.165, 1.54) is 7.11 Å². The molecule has 14 heavy (non-hydrogen) atoms. The molecule has 0 aromatic heterocycles. The van der Waals surface area contributed by atoms with Gasteiger partial charge in [-0.15, -0.1) is 0 Å². The summed E-state index contributed by atoms with van der Waals surface area (Å²) in [6, 6.07) is 7.75. The van der Waals surface area contributed by atoms with E-state index < -0.39 is 0 Å². The normalized spacial score (nSPS) is 9.57. The van der Waals surface area contributed by atoms with Gasteiger partial charge in [0, 0.05) is 0 Å². The number of allylic oxidation sites excluding steroid dienone is 1. The highest BCUT2D eigenvalue weighted by Crippen LogP contribution is 2.12. The standard InChI is InChI=1S/C12H14O2/c1-9(2)11-6-4-10(5-7-11)8-12(13)14-3/h4-7H,1,8H2,2-3H3. The van der Waals surface area contributed by atoms with E-state index in [1.54, 1.807) is 0 Å². The Kier molecular flexibility index (Phi) is 3.46. The lowest BCUT2D eigenvalue weighted by Gasteiger charge is -2.02. The molecule has 0 radical (unpaired) electrons. The van der Waals surface area contributed by atoms with Gasteiger partial charge in [-0.1, -0.05) is 36.4 Å². The highest BCUT2D eigenvalue weighted by atomic mass is 16.5. The number of benzene rings is 1. The summed E-state index contributed by atoms with van der Waals surface area (Å²) in [4.78, 5) is 11.0. The summed E-state index contributed by atoms with van der Waals surface area (Å²) >= 11 is 0. The molecule has 74 valence electrons. The van der Waals surface area contributed by atoms with Gasteiger partial charge in [0.25, 0.3) is 0 Å². The number of methoxy groups -OCH3 is 1. The Morgan fingerprint density at radius 3 is 2.36 bits per heavy atom. The topological polar surface area (TPSA) is 26.3 Å². The van der Waals surface area contributed by atoms with E-state index in [0.717, 1.165) is 16.7 Å². The largest absolute Gasteiger partial charge is 0.469 e. The van der Waals surface area contributed by atoms with E-state index in [1.807, 2.05) is 31.2 Å². The smallest absolute Gasteiger partial charge is 0.309 e. The summed E-state index contributed by atoms with van der Waals surface area (Å²) in [5.41, 5.74) is 3.08. The molecule has 0 aliphatic heterocycles. The van der Waals surface area contributed by atoms with Gasteiger partial charge >= 0.3 is 5.97 Å². The lowest BCUT2D eigenvalue weighted by molar-refractivity contribution is -0.139. The summed E-state index contributed by atoms with van der Waals surface area (Å²) in [6.45, 7) is 5.79. The third-order valence-corrected chi connectivity index (χ3v) is 2.02. The summed E-state index contributed by atoms with van der Waals surface area (Å²) in [5.74, 6) is -0.215. The first-order valence-electron chi connectivity index (χ1n) is 4.45. The van der Waals surface area contributed by atoms with Crippen LogP contribution in [0.2, 0.25) is 0 Å². The van der Waals surface area contributed by atoms with Gasteiger partial charge in [-0.2, -0.15) is 0 Å². The Morgan fingerprint density at radius 1 is 1.36 bits per heavy atom. The summed E-state index contributed by atoms with van der Waals surface area (Å²) < 4.78 is 4.58. The van der Waals surface area contributed by atoms with Crippen LogP contribution in [0.1, 0.15) is 18.1 Å². The minimum atomic E-state index is -0.215. The number of carbonyl (C=O) groups is 1. The fourth-order valence-electron chi connectivity index (χ4n) is 1.15. The third kappa shape index (κ3) is 2.73. The molecule has 1 rings (SSSR count). The summed E-state index contributed by atoms with van der Waals surface area (Å²) in [7, 11) is 1.39. The maximum absolute atomic E-state index is 11.0. The van der Waals surface area contributed by atoms with Crippen LogP contribution in [-0.2, 0) is 16.0 Å². The lowest BCUT2D eigenvalue weighted by atomic mass is 10.1. The highest BCUT2D eigenvalue weighted by molar-refractivity contribution is 5.72. The van der Waals surface area contributed by atoms with E-state index >= 15 is 0 Å². The predicted octanol–water partition coefficient (Wildman–Crippen LogP) is 2.44. The molecule has 0 spiro atoms. The van der Waals surface area contributed by atoms with Crippen molar-refractivity contribution < 1.29 is 9.53 Å². The van der Waals surface area contributed by atoms with E-state index in [0.29, 0.717) is 6.42 Å². The quantitative estimate of drug-likeness (QED) is 0.684. The molecule has 0 heterocycles. The molecular weight excluding hydrogens is 176 g/mol. The zero-order valence-electron chi connectivity index (χ0n) is 8.54. The number of rotatable bonds is 3. The highest BCUT2D eigenvalue weighted by Gasteiger charge is 2.02. The molecule has 1 aromatic rings. The van der Waals surface area contributed by atoms with Crippen LogP contribution in [0.3, 0.4) is 0 Å². The second-order valence-electron chi connectivity index (χ2n) is 3.23. The van der Waals surface area contributed by atoms with Gasteiger partial charge in [0.1, 0.15) is 0 Å². The molecule has 0 atom stereocenters. The zero-order valence-corrected chi connectivity index (χ0v) is 8.54. The van der Waals surface area contributed by atoms with Gasteiger partial charge in [-0.3, -0.25) is 4.79 Å². The van der Waals surface area contributed by atoms with Crippen LogP contribution in [0, 0.1) is 0 Å². The van der Waals surface area contributed by atoms with Gasteiger partial charge in [0.15, 0.2) is 0 Å². The maximum Gasteiger partial charge on any atom is 0.309 e. The fourth-order valence-corrected chi connectivity index (χ4v) is 1.15. The first kappa shape index (κ1) is 10.5. The average molecular weight is 190 g/mol. The van der Waals surface area contributed by atoms with Crippen molar-refractivity contribution in [3.63, 3.8) is 0 Å². The monoisotopic (exact) mass is 190 g/mol. The number of esters is 1. The van der Waals surface area contributed by atoms with Gasteiger partial charge < -0.3 is 4.74 Å². The second-order valence-corrected chi connectivity index (χ2v) is 3.23. The number of hydrogen-bond donors (Lipinski definition) is 0. The van der Waals surface area contributed by atoms with Crippen LogP contribution >= 0.6 is 0 Å². The Hall–Kier alpha value is -1.57. The molecule has 0 fully saturated rings. The zero-order chi connectivity index (χ0) is 10.6. The molecule has 0 aliphatic carbocycles. The van der Waals surface area contributed by atoms with Gasteiger partial charge in [0.2, 0.25) is 0 Å². The Bertz CT molecular complexity index is 336.